The molecule has 120 valence electrons. The van der Waals surface area contributed by atoms with Crippen molar-refractivity contribution in [3.63, 3.8) is 0 Å². The highest BCUT2D eigenvalue weighted by Gasteiger charge is 2.17. The molecular weight excluding hydrogens is 302 g/mol. The zero-order chi connectivity index (χ0) is 16.4. The van der Waals surface area contributed by atoms with Crippen molar-refractivity contribution in [1.82, 2.24) is 20.5 Å². The molecule has 1 amide bonds. The van der Waals surface area contributed by atoms with Gasteiger partial charge in [0, 0.05) is 31.6 Å². The number of nitrogens with one attached hydrogen (secondary N) is 1. The van der Waals surface area contributed by atoms with Crippen LogP contribution in [0.5, 0.6) is 0 Å². The minimum atomic E-state index is 0.0659. The first-order valence-electron chi connectivity index (χ1n) is 8.00. The third-order valence-electron chi connectivity index (χ3n) is 4.19. The first kappa shape index (κ1) is 14.6. The molecule has 1 fully saturated rings. The maximum atomic E-state index is 11.5. The van der Waals surface area contributed by atoms with Crippen molar-refractivity contribution < 1.29 is 4.79 Å². The van der Waals surface area contributed by atoms with Gasteiger partial charge in [-0.25, -0.2) is 4.98 Å². The summed E-state index contributed by atoms with van der Waals surface area (Å²) in [7, 11) is 0. The molecule has 3 aromatic rings. The number of aromatic nitrogens is 3. The summed E-state index contributed by atoms with van der Waals surface area (Å²) in [4.78, 5) is 18.1. The molecule has 4 rings (SSSR count). The van der Waals surface area contributed by atoms with E-state index in [1.54, 1.807) is 6.20 Å². The number of rotatable bonds is 2. The normalized spacial score (nSPS) is 15.2. The van der Waals surface area contributed by atoms with Gasteiger partial charge in [0.05, 0.1) is 11.9 Å². The second-order valence-electron chi connectivity index (χ2n) is 5.79. The third kappa shape index (κ3) is 2.90. The Balaban J connectivity index is 1.67. The van der Waals surface area contributed by atoms with E-state index in [9.17, 15) is 4.79 Å². The second-order valence-corrected chi connectivity index (χ2v) is 5.79. The van der Waals surface area contributed by atoms with Crippen LogP contribution in [0.15, 0.2) is 48.7 Å². The van der Waals surface area contributed by atoms with Gasteiger partial charge in [-0.3, -0.25) is 4.79 Å². The Kier molecular flexibility index (Phi) is 3.78. The van der Waals surface area contributed by atoms with Gasteiger partial charge in [-0.1, -0.05) is 36.4 Å². The van der Waals surface area contributed by atoms with Crippen LogP contribution >= 0.6 is 0 Å². The van der Waals surface area contributed by atoms with Gasteiger partial charge < -0.3 is 10.2 Å². The SMILES string of the molecule is O=C1CCN(c2nncc(-c3ccc4ccccc4c3)n2)CCN1. The van der Waals surface area contributed by atoms with Crippen LogP contribution in [0.3, 0.4) is 0 Å². The first-order chi connectivity index (χ1) is 11.8. The molecular formula is C18H17N5O. The number of carbonyl (C=O) groups excluding carboxylic acids is 1. The molecule has 1 aliphatic rings. The smallest absolute Gasteiger partial charge is 0.245 e. The monoisotopic (exact) mass is 319 g/mol. The van der Waals surface area contributed by atoms with Gasteiger partial charge in [-0.15, -0.1) is 5.10 Å². The van der Waals surface area contributed by atoms with E-state index >= 15 is 0 Å². The lowest BCUT2D eigenvalue weighted by Crippen LogP contribution is -2.30. The topological polar surface area (TPSA) is 71.0 Å². The van der Waals surface area contributed by atoms with Crippen molar-refractivity contribution in [2.45, 2.75) is 6.42 Å². The van der Waals surface area contributed by atoms with Crippen molar-refractivity contribution in [3.05, 3.63) is 48.7 Å². The van der Waals surface area contributed by atoms with Crippen LogP contribution in [0.1, 0.15) is 6.42 Å². The molecule has 0 spiro atoms. The Bertz CT molecular complexity index is 895. The number of benzene rings is 2. The maximum absolute atomic E-state index is 11.5. The van der Waals surface area contributed by atoms with Crippen molar-refractivity contribution >= 4 is 22.6 Å². The maximum Gasteiger partial charge on any atom is 0.245 e. The standard InChI is InChI=1S/C18H17N5O/c24-17-7-9-23(10-8-19-17)18-21-16(12-20-22-18)15-6-5-13-3-1-2-4-14(13)11-15/h1-6,11-12H,7-10H2,(H,19,24). The van der Waals surface area contributed by atoms with Gasteiger partial charge in [0.25, 0.3) is 0 Å². The lowest BCUT2D eigenvalue weighted by Gasteiger charge is -2.18. The summed E-state index contributed by atoms with van der Waals surface area (Å²) in [6.45, 7) is 1.89. The summed E-state index contributed by atoms with van der Waals surface area (Å²) in [5, 5.41) is 13.5. The number of carbonyl (C=O) groups is 1. The van der Waals surface area contributed by atoms with E-state index in [2.05, 4.69) is 44.8 Å². The Morgan fingerprint density at radius 3 is 2.83 bits per heavy atom. The van der Waals surface area contributed by atoms with E-state index in [1.807, 2.05) is 23.1 Å². The predicted molar refractivity (Wildman–Crippen MR) is 92.6 cm³/mol. The molecule has 6 heteroatoms. The summed E-state index contributed by atoms with van der Waals surface area (Å²) in [5.41, 5.74) is 1.79. The zero-order valence-corrected chi connectivity index (χ0v) is 13.1. The quantitative estimate of drug-likeness (QED) is 0.782. The van der Waals surface area contributed by atoms with Crippen molar-refractivity contribution in [3.8, 4) is 11.3 Å². The Morgan fingerprint density at radius 2 is 1.92 bits per heavy atom. The third-order valence-corrected chi connectivity index (χ3v) is 4.19. The molecule has 1 N–H and O–H groups in total. The van der Waals surface area contributed by atoms with Gasteiger partial charge >= 0.3 is 0 Å². The number of anilines is 1. The summed E-state index contributed by atoms with van der Waals surface area (Å²) >= 11 is 0. The molecule has 6 nitrogen and oxygen atoms in total. The van der Waals surface area contributed by atoms with Crippen LogP contribution < -0.4 is 10.2 Å². The van der Waals surface area contributed by atoms with Gasteiger partial charge in [0.1, 0.15) is 0 Å². The summed E-state index contributed by atoms with van der Waals surface area (Å²) in [6, 6.07) is 14.5. The molecule has 24 heavy (non-hydrogen) atoms. The fourth-order valence-corrected chi connectivity index (χ4v) is 2.88. The van der Waals surface area contributed by atoms with E-state index in [0.29, 0.717) is 32.0 Å². The van der Waals surface area contributed by atoms with Crippen molar-refractivity contribution in [1.29, 1.82) is 0 Å². The number of hydrogen-bond donors (Lipinski definition) is 1. The lowest BCUT2D eigenvalue weighted by atomic mass is 10.1. The molecule has 1 saturated heterocycles. The molecule has 1 aromatic heterocycles. The molecule has 0 unspecified atom stereocenters. The van der Waals surface area contributed by atoms with Crippen LogP contribution in [-0.4, -0.2) is 40.7 Å². The summed E-state index contributed by atoms with van der Waals surface area (Å²) in [6.07, 6.45) is 2.12. The Hall–Kier alpha value is -3.02. The van der Waals surface area contributed by atoms with Crippen molar-refractivity contribution in [2.75, 3.05) is 24.5 Å². The molecule has 0 bridgehead atoms. The largest absolute Gasteiger partial charge is 0.354 e. The molecule has 0 atom stereocenters. The van der Waals surface area contributed by atoms with Gasteiger partial charge in [0.15, 0.2) is 0 Å². The zero-order valence-electron chi connectivity index (χ0n) is 13.1. The fraction of sp³-hybridized carbons (Fsp3) is 0.222. The lowest BCUT2D eigenvalue weighted by molar-refractivity contribution is -0.120. The van der Waals surface area contributed by atoms with Crippen LogP contribution in [0.25, 0.3) is 22.0 Å². The van der Waals surface area contributed by atoms with E-state index in [-0.39, 0.29) is 5.91 Å². The highest BCUT2D eigenvalue weighted by molar-refractivity contribution is 5.86. The minimum absolute atomic E-state index is 0.0659. The first-order valence-corrected chi connectivity index (χ1v) is 8.00. The molecule has 0 radical (unpaired) electrons. The predicted octanol–water partition coefficient (Wildman–Crippen LogP) is 2.02. The highest BCUT2D eigenvalue weighted by atomic mass is 16.1. The summed E-state index contributed by atoms with van der Waals surface area (Å²) in [5.74, 6) is 0.633. The minimum Gasteiger partial charge on any atom is -0.354 e. The van der Waals surface area contributed by atoms with Gasteiger partial charge in [-0.05, 0) is 16.8 Å². The van der Waals surface area contributed by atoms with E-state index in [0.717, 1.165) is 11.3 Å². The van der Waals surface area contributed by atoms with Crippen LogP contribution in [0.2, 0.25) is 0 Å². The highest BCUT2D eigenvalue weighted by Crippen LogP contribution is 2.23. The Labute approximate surface area is 139 Å². The summed E-state index contributed by atoms with van der Waals surface area (Å²) < 4.78 is 0. The number of fused-ring (bicyclic) bond motifs is 1. The Morgan fingerprint density at radius 1 is 1.04 bits per heavy atom. The molecule has 1 aliphatic heterocycles. The molecule has 2 aromatic carbocycles. The molecule has 2 heterocycles. The van der Waals surface area contributed by atoms with Crippen LogP contribution in [0.4, 0.5) is 5.95 Å². The van der Waals surface area contributed by atoms with E-state index in [4.69, 9.17) is 0 Å². The van der Waals surface area contributed by atoms with Gasteiger partial charge in [0.2, 0.25) is 11.9 Å². The molecule has 0 saturated carbocycles. The van der Waals surface area contributed by atoms with Gasteiger partial charge in [-0.2, -0.15) is 5.10 Å². The van der Waals surface area contributed by atoms with E-state index in [1.165, 1.54) is 10.8 Å². The average Bonchev–Trinajstić information content (AvgIpc) is 2.86. The average molecular weight is 319 g/mol. The fourth-order valence-electron chi connectivity index (χ4n) is 2.88. The van der Waals surface area contributed by atoms with Crippen molar-refractivity contribution in [2.24, 2.45) is 0 Å². The number of amides is 1. The van der Waals surface area contributed by atoms with Crippen LogP contribution in [-0.2, 0) is 4.79 Å². The van der Waals surface area contributed by atoms with Crippen LogP contribution in [0, 0.1) is 0 Å². The molecule has 0 aliphatic carbocycles. The number of nitrogens with zero attached hydrogens (tertiary/aromatic N) is 4. The van der Waals surface area contributed by atoms with E-state index < -0.39 is 0 Å². The second kappa shape index (κ2) is 6.23. The number of hydrogen-bond acceptors (Lipinski definition) is 5.